The second kappa shape index (κ2) is 7.77. The molecule has 0 atom stereocenters. The Kier molecular flexibility index (Phi) is 6.64. The molecule has 1 rings (SSSR count). The van der Waals surface area contributed by atoms with Crippen molar-refractivity contribution in [3.8, 4) is 6.07 Å². The Morgan fingerprint density at radius 3 is 2.19 bits per heavy atom. The fourth-order valence-corrected chi connectivity index (χ4v) is 2.99. The van der Waals surface area contributed by atoms with Gasteiger partial charge in [-0.2, -0.15) is 5.26 Å². The molecule has 0 unspecified atom stereocenters. The molecule has 0 aromatic heterocycles. The van der Waals surface area contributed by atoms with Gasteiger partial charge in [0.25, 0.3) is 0 Å². The van der Waals surface area contributed by atoms with Crippen LogP contribution in [0.2, 0.25) is 18.1 Å². The van der Waals surface area contributed by atoms with E-state index in [0.29, 0.717) is 5.04 Å². The molecule has 0 amide bonds. The number of rotatable bonds is 7. The van der Waals surface area contributed by atoms with E-state index in [9.17, 15) is 0 Å². The first-order valence-electron chi connectivity index (χ1n) is 7.89. The zero-order valence-electron chi connectivity index (χ0n) is 14.2. The molecule has 1 aromatic carbocycles. The van der Waals surface area contributed by atoms with E-state index in [1.807, 2.05) is 12.1 Å². The summed E-state index contributed by atoms with van der Waals surface area (Å²) in [5, 5.41) is 9.06. The summed E-state index contributed by atoms with van der Waals surface area (Å²) >= 11 is 0. The topological polar surface area (TPSA) is 33.0 Å². The van der Waals surface area contributed by atoms with Crippen LogP contribution in [0.15, 0.2) is 24.3 Å². The largest absolute Gasteiger partial charge is 0.417 e. The van der Waals surface area contributed by atoms with Crippen molar-refractivity contribution in [2.24, 2.45) is 0 Å². The highest BCUT2D eigenvalue weighted by atomic mass is 28.4. The van der Waals surface area contributed by atoms with Crippen molar-refractivity contribution in [2.75, 3.05) is 6.61 Å². The van der Waals surface area contributed by atoms with Crippen LogP contribution in [0.5, 0.6) is 0 Å². The molecule has 0 N–H and O–H groups in total. The molecule has 0 saturated carbocycles. The summed E-state index contributed by atoms with van der Waals surface area (Å²) in [6.07, 6.45) is 4.62. The Labute approximate surface area is 131 Å². The molecular weight excluding hydrogens is 274 g/mol. The van der Waals surface area contributed by atoms with E-state index in [4.69, 9.17) is 9.69 Å². The molecule has 116 valence electrons. The highest BCUT2D eigenvalue weighted by Gasteiger charge is 2.36. The number of hydrogen-bond donors (Lipinski definition) is 0. The molecule has 0 aliphatic carbocycles. The smallest absolute Gasteiger partial charge is 0.191 e. The summed E-state index contributed by atoms with van der Waals surface area (Å²) in [4.78, 5) is 0. The maximum atomic E-state index is 8.76. The molecular formula is C18H29NOSi. The predicted molar refractivity (Wildman–Crippen MR) is 91.9 cm³/mol. The molecule has 0 saturated heterocycles. The van der Waals surface area contributed by atoms with Gasteiger partial charge >= 0.3 is 0 Å². The first kappa shape index (κ1) is 17.9. The fraction of sp³-hybridized carbons (Fsp3) is 0.611. The summed E-state index contributed by atoms with van der Waals surface area (Å²) in [5.41, 5.74) is 2.06. The third kappa shape index (κ3) is 6.03. The van der Waals surface area contributed by atoms with Crippen LogP contribution < -0.4 is 0 Å². The van der Waals surface area contributed by atoms with Crippen molar-refractivity contribution in [2.45, 2.75) is 64.6 Å². The van der Waals surface area contributed by atoms with E-state index in [0.717, 1.165) is 25.0 Å². The van der Waals surface area contributed by atoms with E-state index in [1.54, 1.807) is 0 Å². The minimum Gasteiger partial charge on any atom is -0.417 e. The number of nitrogens with zero attached hydrogens (tertiary/aromatic N) is 1. The Morgan fingerprint density at radius 2 is 1.67 bits per heavy atom. The Bertz CT molecular complexity index is 465. The van der Waals surface area contributed by atoms with Crippen molar-refractivity contribution in [3.63, 3.8) is 0 Å². The lowest BCUT2D eigenvalue weighted by Crippen LogP contribution is -2.40. The van der Waals surface area contributed by atoms with E-state index < -0.39 is 8.32 Å². The highest BCUT2D eigenvalue weighted by molar-refractivity contribution is 6.74. The van der Waals surface area contributed by atoms with Gasteiger partial charge < -0.3 is 4.43 Å². The van der Waals surface area contributed by atoms with E-state index >= 15 is 0 Å². The quantitative estimate of drug-likeness (QED) is 0.506. The van der Waals surface area contributed by atoms with Crippen LogP contribution in [0.4, 0.5) is 0 Å². The SMILES string of the molecule is CC(C)(C)[Si](C)(C)OCCCCCc1ccc(C#N)cc1. The van der Waals surface area contributed by atoms with Crippen LogP contribution in [-0.4, -0.2) is 14.9 Å². The molecule has 0 aliphatic heterocycles. The molecule has 0 spiro atoms. The molecule has 0 aliphatic rings. The van der Waals surface area contributed by atoms with Gasteiger partial charge in [-0.05, 0) is 55.1 Å². The van der Waals surface area contributed by atoms with Crippen LogP contribution in [0.25, 0.3) is 0 Å². The highest BCUT2D eigenvalue weighted by Crippen LogP contribution is 2.36. The van der Waals surface area contributed by atoms with Crippen molar-refractivity contribution < 1.29 is 4.43 Å². The second-order valence-corrected chi connectivity index (χ2v) is 12.0. The molecule has 0 heterocycles. The van der Waals surface area contributed by atoms with Crippen molar-refractivity contribution in [1.29, 1.82) is 5.26 Å². The fourth-order valence-electron chi connectivity index (χ4n) is 1.90. The van der Waals surface area contributed by atoms with Crippen LogP contribution in [-0.2, 0) is 10.8 Å². The molecule has 0 bridgehead atoms. The lowest BCUT2D eigenvalue weighted by molar-refractivity contribution is 0.278. The van der Waals surface area contributed by atoms with Gasteiger partial charge in [-0.15, -0.1) is 0 Å². The average molecular weight is 304 g/mol. The summed E-state index contributed by atoms with van der Waals surface area (Å²) < 4.78 is 6.18. The summed E-state index contributed by atoms with van der Waals surface area (Å²) in [6.45, 7) is 12.4. The number of benzene rings is 1. The number of hydrogen-bond acceptors (Lipinski definition) is 2. The Morgan fingerprint density at radius 1 is 1.05 bits per heavy atom. The van der Waals surface area contributed by atoms with Gasteiger partial charge in [0.2, 0.25) is 0 Å². The van der Waals surface area contributed by atoms with Crippen LogP contribution in [0, 0.1) is 11.3 Å². The van der Waals surface area contributed by atoms with Gasteiger partial charge in [-0.3, -0.25) is 0 Å². The van der Waals surface area contributed by atoms with Crippen LogP contribution >= 0.6 is 0 Å². The third-order valence-electron chi connectivity index (χ3n) is 4.46. The van der Waals surface area contributed by atoms with Gasteiger partial charge in [0.1, 0.15) is 0 Å². The first-order chi connectivity index (χ1) is 9.76. The minimum absolute atomic E-state index is 0.301. The van der Waals surface area contributed by atoms with Crippen LogP contribution in [0.1, 0.15) is 51.2 Å². The zero-order valence-corrected chi connectivity index (χ0v) is 15.2. The molecule has 2 nitrogen and oxygen atoms in total. The molecule has 3 heteroatoms. The minimum atomic E-state index is -1.57. The lowest BCUT2D eigenvalue weighted by Gasteiger charge is -2.36. The third-order valence-corrected chi connectivity index (χ3v) is 9.00. The number of aryl methyl sites for hydroxylation is 1. The van der Waals surface area contributed by atoms with Gasteiger partial charge in [0.05, 0.1) is 11.6 Å². The molecule has 0 radical (unpaired) electrons. The normalized spacial score (nSPS) is 12.2. The summed E-state index contributed by atoms with van der Waals surface area (Å²) in [6, 6.07) is 10.1. The monoisotopic (exact) mass is 303 g/mol. The summed E-state index contributed by atoms with van der Waals surface area (Å²) in [7, 11) is -1.57. The number of nitriles is 1. The Balaban J connectivity index is 2.19. The van der Waals surface area contributed by atoms with Crippen molar-refractivity contribution in [3.05, 3.63) is 35.4 Å². The Hall–Kier alpha value is -1.11. The van der Waals surface area contributed by atoms with Crippen molar-refractivity contribution in [1.82, 2.24) is 0 Å². The maximum Gasteiger partial charge on any atom is 0.191 e. The number of unbranched alkanes of at least 4 members (excludes halogenated alkanes) is 2. The summed E-state index contributed by atoms with van der Waals surface area (Å²) in [5.74, 6) is 0. The zero-order chi connectivity index (χ0) is 15.9. The van der Waals surface area contributed by atoms with Gasteiger partial charge in [0, 0.05) is 6.61 Å². The van der Waals surface area contributed by atoms with Crippen molar-refractivity contribution >= 4 is 8.32 Å². The van der Waals surface area contributed by atoms with Gasteiger partial charge in [-0.25, -0.2) is 0 Å². The van der Waals surface area contributed by atoms with E-state index in [1.165, 1.54) is 18.4 Å². The first-order valence-corrected chi connectivity index (χ1v) is 10.8. The molecule has 0 fully saturated rings. The molecule has 1 aromatic rings. The standard InChI is InChI=1S/C18H29NOSi/c1-18(2,3)21(4,5)20-14-8-6-7-9-16-10-12-17(15-19)13-11-16/h10-13H,6-9,14H2,1-5H3. The van der Waals surface area contributed by atoms with E-state index in [-0.39, 0.29) is 0 Å². The van der Waals surface area contributed by atoms with E-state index in [2.05, 4.69) is 52.1 Å². The lowest BCUT2D eigenvalue weighted by atomic mass is 10.1. The van der Waals surface area contributed by atoms with Gasteiger partial charge in [0.15, 0.2) is 8.32 Å². The maximum absolute atomic E-state index is 8.76. The molecule has 21 heavy (non-hydrogen) atoms. The van der Waals surface area contributed by atoms with Gasteiger partial charge in [-0.1, -0.05) is 39.3 Å². The second-order valence-electron chi connectivity index (χ2n) is 7.23. The van der Waals surface area contributed by atoms with Crippen LogP contribution in [0.3, 0.4) is 0 Å². The predicted octanol–water partition coefficient (Wildman–Crippen LogP) is 5.29. The average Bonchev–Trinajstić information content (AvgIpc) is 2.42.